The second-order valence-corrected chi connectivity index (χ2v) is 9.95. The van der Waals surface area contributed by atoms with E-state index in [1.54, 1.807) is 14.2 Å². The van der Waals surface area contributed by atoms with Gasteiger partial charge in [0.1, 0.15) is 30.4 Å². The predicted octanol–water partition coefficient (Wildman–Crippen LogP) is 5.21. The van der Waals surface area contributed by atoms with E-state index in [1.165, 1.54) is 11.1 Å². The van der Waals surface area contributed by atoms with Gasteiger partial charge in [-0.25, -0.2) is 4.98 Å². The number of nitrogens with zero attached hydrogens (tertiary/aromatic N) is 3. The van der Waals surface area contributed by atoms with E-state index in [1.807, 2.05) is 18.5 Å². The fourth-order valence-electron chi connectivity index (χ4n) is 5.00. The van der Waals surface area contributed by atoms with Crippen LogP contribution in [-0.4, -0.2) is 60.6 Å². The Labute approximate surface area is 221 Å². The van der Waals surface area contributed by atoms with Gasteiger partial charge in [0.25, 0.3) is 0 Å². The summed E-state index contributed by atoms with van der Waals surface area (Å²) in [6, 6.07) is 12.5. The molecule has 0 N–H and O–H groups in total. The molecule has 0 bridgehead atoms. The molecule has 4 rings (SSSR count). The Morgan fingerprint density at radius 1 is 0.946 bits per heavy atom. The summed E-state index contributed by atoms with van der Waals surface area (Å²) >= 11 is 0. The van der Waals surface area contributed by atoms with Crippen LogP contribution in [0.2, 0.25) is 0 Å². The average Bonchev–Trinajstić information content (AvgIpc) is 3.37. The lowest BCUT2D eigenvalue weighted by atomic mass is 9.91. The third-order valence-corrected chi connectivity index (χ3v) is 7.36. The number of rotatable bonds is 12. The molecule has 7 heteroatoms. The van der Waals surface area contributed by atoms with Crippen molar-refractivity contribution < 1.29 is 18.9 Å². The Morgan fingerprint density at radius 3 is 2.43 bits per heavy atom. The van der Waals surface area contributed by atoms with Crippen molar-refractivity contribution in [1.82, 2.24) is 14.5 Å². The Morgan fingerprint density at radius 2 is 1.73 bits per heavy atom. The molecule has 0 spiro atoms. The number of ether oxygens (including phenoxy) is 4. The maximum atomic E-state index is 6.22. The minimum atomic E-state index is -0.257. The van der Waals surface area contributed by atoms with Crippen molar-refractivity contribution in [3.63, 3.8) is 0 Å². The lowest BCUT2D eigenvalue weighted by Gasteiger charge is -2.40. The molecule has 1 saturated heterocycles. The van der Waals surface area contributed by atoms with Crippen molar-refractivity contribution in [3.05, 3.63) is 71.3 Å². The molecule has 1 aliphatic rings. The van der Waals surface area contributed by atoms with Gasteiger partial charge in [0, 0.05) is 45.6 Å². The number of imidazole rings is 1. The highest BCUT2D eigenvalue weighted by Crippen LogP contribution is 2.31. The molecule has 0 atom stereocenters. The van der Waals surface area contributed by atoms with Crippen molar-refractivity contribution in [2.75, 3.05) is 40.5 Å². The van der Waals surface area contributed by atoms with Crippen LogP contribution in [-0.2, 0) is 24.2 Å². The molecule has 0 saturated carbocycles. The fraction of sp³-hybridized carbons (Fsp3) is 0.500. The smallest absolute Gasteiger partial charge is 0.161 e. The van der Waals surface area contributed by atoms with Crippen molar-refractivity contribution in [3.8, 4) is 17.2 Å². The third kappa shape index (κ3) is 6.84. The Kier molecular flexibility index (Phi) is 9.11. The van der Waals surface area contributed by atoms with Crippen LogP contribution in [0, 0.1) is 13.8 Å². The van der Waals surface area contributed by atoms with Crippen molar-refractivity contribution in [1.29, 1.82) is 0 Å². The lowest BCUT2D eigenvalue weighted by Crippen LogP contribution is -2.48. The highest BCUT2D eigenvalue weighted by molar-refractivity contribution is 5.43. The molecule has 1 aromatic heterocycles. The number of hydrogen-bond donors (Lipinski definition) is 0. The molecular weight excluding hydrogens is 466 g/mol. The van der Waals surface area contributed by atoms with Crippen molar-refractivity contribution in [2.45, 2.75) is 58.7 Å². The fourth-order valence-corrected chi connectivity index (χ4v) is 5.00. The highest BCUT2D eigenvalue weighted by Gasteiger charge is 2.35. The van der Waals surface area contributed by atoms with Crippen LogP contribution in [0.5, 0.6) is 17.2 Å². The topological polar surface area (TPSA) is 58.0 Å². The number of aryl methyl sites for hydroxylation is 3. The van der Waals surface area contributed by atoms with Gasteiger partial charge in [0.05, 0.1) is 13.7 Å². The molecule has 1 aliphatic heterocycles. The van der Waals surface area contributed by atoms with Gasteiger partial charge in [-0.1, -0.05) is 30.7 Å². The molecule has 2 heterocycles. The molecular formula is C30H41N3O4. The van der Waals surface area contributed by atoms with E-state index >= 15 is 0 Å². The largest absolute Gasteiger partial charge is 0.493 e. The van der Waals surface area contributed by atoms with E-state index in [2.05, 4.69) is 65.6 Å². The molecule has 1 fully saturated rings. The first-order valence-electron chi connectivity index (χ1n) is 13.2. The predicted molar refractivity (Wildman–Crippen MR) is 146 cm³/mol. The van der Waals surface area contributed by atoms with E-state index < -0.39 is 0 Å². The minimum absolute atomic E-state index is 0.257. The second kappa shape index (κ2) is 12.5. The SMILES string of the molecule is CCc1nccn1CCOc1cc(CN2CCC(COc3ccc(C)cc3C)(OC)CC2)ccc1OC. The first-order chi connectivity index (χ1) is 17.9. The summed E-state index contributed by atoms with van der Waals surface area (Å²) in [5.41, 5.74) is 3.36. The summed E-state index contributed by atoms with van der Waals surface area (Å²) < 4.78 is 26.1. The van der Waals surface area contributed by atoms with E-state index in [0.717, 1.165) is 74.1 Å². The summed E-state index contributed by atoms with van der Waals surface area (Å²) in [5, 5.41) is 0. The molecule has 200 valence electrons. The molecule has 37 heavy (non-hydrogen) atoms. The van der Waals surface area contributed by atoms with Crippen LogP contribution in [0.25, 0.3) is 0 Å². The van der Waals surface area contributed by atoms with Gasteiger partial charge in [-0.15, -0.1) is 0 Å². The lowest BCUT2D eigenvalue weighted by molar-refractivity contribution is -0.0840. The summed E-state index contributed by atoms with van der Waals surface area (Å²) in [6.45, 7) is 11.0. The first-order valence-corrected chi connectivity index (χ1v) is 13.2. The van der Waals surface area contributed by atoms with Crippen LogP contribution in [0.1, 0.15) is 42.3 Å². The number of methoxy groups -OCH3 is 2. The molecule has 0 aliphatic carbocycles. The van der Waals surface area contributed by atoms with Crippen molar-refractivity contribution >= 4 is 0 Å². The Balaban J connectivity index is 1.31. The van der Waals surface area contributed by atoms with Gasteiger partial charge in [-0.2, -0.15) is 0 Å². The normalized spacial score (nSPS) is 15.5. The summed E-state index contributed by atoms with van der Waals surface area (Å²) in [5.74, 6) is 3.55. The molecule has 0 radical (unpaired) electrons. The number of likely N-dealkylation sites (tertiary alicyclic amines) is 1. The number of benzene rings is 2. The monoisotopic (exact) mass is 507 g/mol. The van der Waals surface area contributed by atoms with Crippen LogP contribution in [0.4, 0.5) is 0 Å². The molecule has 2 aromatic carbocycles. The van der Waals surface area contributed by atoms with Crippen LogP contribution < -0.4 is 14.2 Å². The minimum Gasteiger partial charge on any atom is -0.493 e. The number of aromatic nitrogens is 2. The second-order valence-electron chi connectivity index (χ2n) is 9.95. The van der Waals surface area contributed by atoms with E-state index in [9.17, 15) is 0 Å². The van der Waals surface area contributed by atoms with Gasteiger partial charge >= 0.3 is 0 Å². The summed E-state index contributed by atoms with van der Waals surface area (Å²) in [7, 11) is 3.49. The van der Waals surface area contributed by atoms with Crippen LogP contribution >= 0.6 is 0 Å². The zero-order chi connectivity index (χ0) is 26.3. The third-order valence-electron chi connectivity index (χ3n) is 7.36. The standard InChI is InChI=1S/C30H41N3O4/c1-6-29-31-13-16-33(29)17-18-36-28-20-25(8-10-27(28)34-4)21-32-14-11-30(35-5,12-15-32)22-37-26-9-7-23(2)19-24(26)3/h7-10,13,16,19-20H,6,11-12,14-15,17-18,21-22H2,1-5H3. The Bertz CT molecular complexity index is 1150. The highest BCUT2D eigenvalue weighted by atomic mass is 16.5. The van der Waals surface area contributed by atoms with E-state index in [0.29, 0.717) is 13.2 Å². The van der Waals surface area contributed by atoms with Gasteiger partial charge < -0.3 is 23.5 Å². The van der Waals surface area contributed by atoms with E-state index in [4.69, 9.17) is 18.9 Å². The van der Waals surface area contributed by atoms with Gasteiger partial charge in [-0.05, 0) is 56.0 Å². The average molecular weight is 508 g/mol. The number of hydrogen-bond acceptors (Lipinski definition) is 6. The summed E-state index contributed by atoms with van der Waals surface area (Å²) in [4.78, 5) is 6.86. The zero-order valence-electron chi connectivity index (χ0n) is 23.0. The van der Waals surface area contributed by atoms with Gasteiger partial charge in [0.2, 0.25) is 0 Å². The number of piperidine rings is 1. The maximum absolute atomic E-state index is 6.22. The Hall–Kier alpha value is -3.03. The summed E-state index contributed by atoms with van der Waals surface area (Å²) in [6.07, 6.45) is 6.60. The van der Waals surface area contributed by atoms with Gasteiger partial charge in [-0.3, -0.25) is 4.90 Å². The zero-order valence-corrected chi connectivity index (χ0v) is 23.0. The molecule has 7 nitrogen and oxygen atoms in total. The molecule has 0 amide bonds. The quantitative estimate of drug-likeness (QED) is 0.335. The maximum Gasteiger partial charge on any atom is 0.161 e. The molecule has 0 unspecified atom stereocenters. The first kappa shape index (κ1) is 27.0. The van der Waals surface area contributed by atoms with Crippen molar-refractivity contribution in [2.24, 2.45) is 0 Å². The van der Waals surface area contributed by atoms with E-state index in [-0.39, 0.29) is 5.60 Å². The van der Waals surface area contributed by atoms with Crippen LogP contribution in [0.3, 0.4) is 0 Å². The van der Waals surface area contributed by atoms with Crippen LogP contribution in [0.15, 0.2) is 48.8 Å². The van der Waals surface area contributed by atoms with Gasteiger partial charge in [0.15, 0.2) is 11.5 Å². The molecule has 3 aromatic rings.